The summed E-state index contributed by atoms with van der Waals surface area (Å²) in [6.45, 7) is 5.87. The van der Waals surface area contributed by atoms with E-state index >= 15 is 0 Å². The molecule has 0 atom stereocenters. The highest BCUT2D eigenvalue weighted by Crippen LogP contribution is 2.29. The maximum absolute atomic E-state index is 12.5. The number of benzene rings is 2. The van der Waals surface area contributed by atoms with Crippen molar-refractivity contribution in [1.82, 2.24) is 0 Å². The average molecular weight is 358 g/mol. The van der Waals surface area contributed by atoms with Crippen LogP contribution in [0.25, 0.3) is 11.0 Å². The fourth-order valence-corrected chi connectivity index (χ4v) is 2.82. The van der Waals surface area contributed by atoms with Gasteiger partial charge in [-0.2, -0.15) is 0 Å². The second kappa shape index (κ2) is 5.61. The van der Waals surface area contributed by atoms with E-state index in [1.54, 1.807) is 0 Å². The van der Waals surface area contributed by atoms with Crippen LogP contribution in [0.3, 0.4) is 0 Å². The molecule has 0 saturated carbocycles. The fourth-order valence-electron chi connectivity index (χ4n) is 2.46. The Labute approximate surface area is 137 Å². The van der Waals surface area contributed by atoms with Gasteiger partial charge < -0.3 is 9.73 Å². The molecule has 0 aliphatic rings. The molecule has 0 aliphatic carbocycles. The van der Waals surface area contributed by atoms with Gasteiger partial charge in [0.1, 0.15) is 5.58 Å². The average Bonchev–Trinajstić information content (AvgIpc) is 2.80. The standard InChI is InChI=1S/C18H16BrNO2/c1-10-4-5-11(2)15(8-10)20-18(21)17-12(3)14-9-13(19)6-7-16(14)22-17/h4-9H,1-3H3,(H,20,21). The molecule has 3 aromatic rings. The fraction of sp³-hybridized carbons (Fsp3) is 0.167. The summed E-state index contributed by atoms with van der Waals surface area (Å²) in [7, 11) is 0. The first-order valence-corrected chi connectivity index (χ1v) is 7.82. The number of carbonyl (C=O) groups excluding carboxylic acids is 1. The van der Waals surface area contributed by atoms with Gasteiger partial charge in [0.25, 0.3) is 5.91 Å². The Kier molecular flexibility index (Phi) is 3.79. The molecule has 0 radical (unpaired) electrons. The SMILES string of the molecule is Cc1ccc(C)c(NC(=O)c2oc3ccc(Br)cc3c2C)c1. The number of rotatable bonds is 2. The van der Waals surface area contributed by atoms with Gasteiger partial charge in [-0.15, -0.1) is 0 Å². The smallest absolute Gasteiger partial charge is 0.291 e. The molecular formula is C18H16BrNO2. The van der Waals surface area contributed by atoms with Crippen molar-refractivity contribution in [2.24, 2.45) is 0 Å². The van der Waals surface area contributed by atoms with Crippen molar-refractivity contribution in [1.29, 1.82) is 0 Å². The number of furan rings is 1. The molecule has 22 heavy (non-hydrogen) atoms. The van der Waals surface area contributed by atoms with Crippen LogP contribution in [0.5, 0.6) is 0 Å². The molecule has 0 fully saturated rings. The summed E-state index contributed by atoms with van der Waals surface area (Å²) in [5.74, 6) is 0.132. The first kappa shape index (κ1) is 14.9. The number of nitrogens with one attached hydrogen (secondary N) is 1. The first-order chi connectivity index (χ1) is 10.5. The van der Waals surface area contributed by atoms with Gasteiger partial charge in [0, 0.05) is 21.1 Å². The molecule has 1 heterocycles. The summed E-state index contributed by atoms with van der Waals surface area (Å²) in [5.41, 5.74) is 4.50. The Morgan fingerprint density at radius 2 is 1.86 bits per heavy atom. The Bertz CT molecular complexity index is 880. The summed E-state index contributed by atoms with van der Waals surface area (Å²) in [6, 6.07) is 11.7. The van der Waals surface area contributed by atoms with Crippen LogP contribution in [-0.4, -0.2) is 5.91 Å². The summed E-state index contributed by atoms with van der Waals surface area (Å²) in [5, 5.41) is 3.88. The lowest BCUT2D eigenvalue weighted by Gasteiger charge is -2.08. The molecule has 1 N–H and O–H groups in total. The zero-order valence-electron chi connectivity index (χ0n) is 12.7. The molecular weight excluding hydrogens is 342 g/mol. The van der Waals surface area contributed by atoms with Gasteiger partial charge >= 0.3 is 0 Å². The van der Waals surface area contributed by atoms with Crippen molar-refractivity contribution >= 4 is 38.5 Å². The quantitative estimate of drug-likeness (QED) is 0.669. The topological polar surface area (TPSA) is 42.2 Å². The third kappa shape index (κ3) is 2.66. The van der Waals surface area contributed by atoms with Crippen molar-refractivity contribution < 1.29 is 9.21 Å². The first-order valence-electron chi connectivity index (χ1n) is 7.03. The number of fused-ring (bicyclic) bond motifs is 1. The maximum Gasteiger partial charge on any atom is 0.291 e. The van der Waals surface area contributed by atoms with Gasteiger partial charge in [-0.1, -0.05) is 28.1 Å². The summed E-state index contributed by atoms with van der Waals surface area (Å²) < 4.78 is 6.69. The van der Waals surface area contributed by atoms with Crippen molar-refractivity contribution in [3.05, 3.63) is 63.3 Å². The summed E-state index contributed by atoms with van der Waals surface area (Å²) in [6.07, 6.45) is 0. The van der Waals surface area contributed by atoms with Gasteiger partial charge in [-0.3, -0.25) is 4.79 Å². The predicted octanol–water partition coefficient (Wildman–Crippen LogP) is 5.37. The third-order valence-corrected chi connectivity index (χ3v) is 4.24. The minimum Gasteiger partial charge on any atom is -0.451 e. The van der Waals surface area contributed by atoms with E-state index in [1.165, 1.54) is 0 Å². The lowest BCUT2D eigenvalue weighted by Crippen LogP contribution is -2.13. The monoisotopic (exact) mass is 357 g/mol. The molecule has 0 unspecified atom stereocenters. The Morgan fingerprint density at radius 3 is 2.64 bits per heavy atom. The van der Waals surface area contributed by atoms with Crippen molar-refractivity contribution in [2.45, 2.75) is 20.8 Å². The summed E-state index contributed by atoms with van der Waals surface area (Å²) >= 11 is 3.44. The van der Waals surface area contributed by atoms with E-state index in [2.05, 4.69) is 21.2 Å². The van der Waals surface area contributed by atoms with Crippen molar-refractivity contribution in [3.8, 4) is 0 Å². The molecule has 0 saturated heterocycles. The molecule has 0 aliphatic heterocycles. The highest BCUT2D eigenvalue weighted by atomic mass is 79.9. The van der Waals surface area contributed by atoms with Gasteiger partial charge in [0.05, 0.1) is 0 Å². The van der Waals surface area contributed by atoms with Gasteiger partial charge in [-0.25, -0.2) is 0 Å². The number of anilines is 1. The van der Waals surface area contributed by atoms with Crippen LogP contribution in [0.15, 0.2) is 45.3 Å². The van der Waals surface area contributed by atoms with Crippen LogP contribution in [0, 0.1) is 20.8 Å². The van der Waals surface area contributed by atoms with E-state index in [-0.39, 0.29) is 5.91 Å². The Balaban J connectivity index is 1.99. The number of aryl methyl sites for hydroxylation is 3. The van der Waals surface area contributed by atoms with Crippen LogP contribution >= 0.6 is 15.9 Å². The van der Waals surface area contributed by atoms with E-state index in [4.69, 9.17) is 4.42 Å². The predicted molar refractivity (Wildman–Crippen MR) is 92.5 cm³/mol. The van der Waals surface area contributed by atoms with Crippen LogP contribution < -0.4 is 5.32 Å². The van der Waals surface area contributed by atoms with Crippen LogP contribution in [0.2, 0.25) is 0 Å². The largest absolute Gasteiger partial charge is 0.451 e. The lowest BCUT2D eigenvalue weighted by molar-refractivity contribution is 0.0998. The number of hydrogen-bond acceptors (Lipinski definition) is 2. The van der Waals surface area contributed by atoms with Crippen LogP contribution in [-0.2, 0) is 0 Å². The molecule has 3 nitrogen and oxygen atoms in total. The van der Waals surface area contributed by atoms with Gasteiger partial charge in [-0.05, 0) is 56.2 Å². The van der Waals surface area contributed by atoms with E-state index in [1.807, 2.05) is 57.2 Å². The van der Waals surface area contributed by atoms with E-state index in [9.17, 15) is 4.79 Å². The molecule has 0 spiro atoms. The third-order valence-electron chi connectivity index (χ3n) is 3.75. The number of amides is 1. The van der Waals surface area contributed by atoms with E-state index < -0.39 is 0 Å². The lowest BCUT2D eigenvalue weighted by atomic mass is 10.1. The van der Waals surface area contributed by atoms with Crippen molar-refractivity contribution in [2.75, 3.05) is 5.32 Å². The maximum atomic E-state index is 12.5. The second-order valence-corrected chi connectivity index (χ2v) is 6.38. The molecule has 112 valence electrons. The summed E-state index contributed by atoms with van der Waals surface area (Å²) in [4.78, 5) is 12.5. The minimum absolute atomic E-state index is 0.224. The number of halogens is 1. The molecule has 1 aromatic heterocycles. The van der Waals surface area contributed by atoms with Crippen LogP contribution in [0.4, 0.5) is 5.69 Å². The molecule has 0 bridgehead atoms. The normalized spacial score (nSPS) is 10.9. The van der Waals surface area contributed by atoms with Crippen molar-refractivity contribution in [3.63, 3.8) is 0 Å². The molecule has 2 aromatic carbocycles. The minimum atomic E-state index is -0.224. The second-order valence-electron chi connectivity index (χ2n) is 5.47. The van der Waals surface area contributed by atoms with E-state index in [0.29, 0.717) is 11.3 Å². The zero-order chi connectivity index (χ0) is 15.9. The van der Waals surface area contributed by atoms with Gasteiger partial charge in [0.2, 0.25) is 0 Å². The number of carbonyl (C=O) groups is 1. The van der Waals surface area contributed by atoms with Gasteiger partial charge in [0.15, 0.2) is 5.76 Å². The molecule has 4 heteroatoms. The Hall–Kier alpha value is -2.07. The van der Waals surface area contributed by atoms with E-state index in [0.717, 1.165) is 32.2 Å². The zero-order valence-corrected chi connectivity index (χ0v) is 14.2. The molecule has 3 rings (SSSR count). The van der Waals surface area contributed by atoms with Crippen LogP contribution in [0.1, 0.15) is 27.2 Å². The number of hydrogen-bond donors (Lipinski definition) is 1. The molecule has 1 amide bonds. The Morgan fingerprint density at radius 1 is 1.09 bits per heavy atom. The highest BCUT2D eigenvalue weighted by Gasteiger charge is 2.18. The highest BCUT2D eigenvalue weighted by molar-refractivity contribution is 9.10.